The minimum atomic E-state index is 0.191. The number of ether oxygens (including phenoxy) is 1. The molecule has 1 aliphatic rings. The lowest BCUT2D eigenvalue weighted by Crippen LogP contribution is -2.49. The molecule has 0 spiro atoms. The van der Waals surface area contributed by atoms with Gasteiger partial charge in [0, 0.05) is 73.8 Å². The van der Waals surface area contributed by atoms with E-state index >= 15 is 0 Å². The van der Waals surface area contributed by atoms with Crippen molar-refractivity contribution in [3.63, 3.8) is 0 Å². The maximum Gasteiger partial charge on any atom is 0.224 e. The zero-order valence-corrected chi connectivity index (χ0v) is 22.1. The Morgan fingerprint density at radius 2 is 1.77 bits per heavy atom. The summed E-state index contributed by atoms with van der Waals surface area (Å²) in [6.45, 7) is 8.00. The van der Waals surface area contributed by atoms with E-state index in [4.69, 9.17) is 21.3 Å². The quantitative estimate of drug-likeness (QED) is 0.411. The monoisotopic (exact) mass is 513 g/mol. The van der Waals surface area contributed by atoms with E-state index in [1.54, 1.807) is 7.11 Å². The highest BCUT2D eigenvalue weighted by atomic mass is 35.5. The fraction of sp³-hybridized carbons (Fsp3) is 0.423. The Bertz CT molecular complexity index is 1100. The fourth-order valence-corrected chi connectivity index (χ4v) is 5.15. The molecule has 0 saturated carbocycles. The zero-order valence-electron chi connectivity index (χ0n) is 20.5. The summed E-state index contributed by atoms with van der Waals surface area (Å²) < 4.78 is 9.79. The number of hydrogen-bond acceptors (Lipinski definition) is 7. The van der Waals surface area contributed by atoms with Crippen molar-refractivity contribution in [2.24, 2.45) is 0 Å². The van der Waals surface area contributed by atoms with Crippen LogP contribution in [0.5, 0.6) is 5.75 Å². The first-order valence-electron chi connectivity index (χ1n) is 11.9. The SMILES string of the molecule is COc1ccc(N2CCN(C(=O)CCN(c3nc(Cc4ccc(Cl)cc4)ns3)C(C)C)CC2)cc1. The number of aromatic nitrogens is 2. The average Bonchev–Trinajstić information content (AvgIpc) is 3.33. The molecule has 7 nitrogen and oxygen atoms in total. The first-order valence-corrected chi connectivity index (χ1v) is 13.1. The van der Waals surface area contributed by atoms with Gasteiger partial charge in [0.1, 0.15) is 11.6 Å². The summed E-state index contributed by atoms with van der Waals surface area (Å²) in [7, 11) is 1.67. The third-order valence-corrected chi connectivity index (χ3v) is 7.28. The van der Waals surface area contributed by atoms with Gasteiger partial charge in [-0.1, -0.05) is 23.7 Å². The van der Waals surface area contributed by atoms with Crippen LogP contribution in [-0.4, -0.2) is 66.0 Å². The lowest BCUT2D eigenvalue weighted by atomic mass is 10.1. The molecular formula is C26H32ClN5O2S. The molecule has 1 aliphatic heterocycles. The zero-order chi connectivity index (χ0) is 24.8. The largest absolute Gasteiger partial charge is 0.497 e. The van der Waals surface area contributed by atoms with Crippen molar-refractivity contribution in [3.05, 3.63) is 64.9 Å². The van der Waals surface area contributed by atoms with Crippen molar-refractivity contribution in [1.29, 1.82) is 0 Å². The number of carbonyl (C=O) groups excluding carboxylic acids is 1. The normalized spacial score (nSPS) is 13.9. The Kier molecular flexibility index (Phi) is 8.46. The molecule has 186 valence electrons. The molecule has 2 aromatic carbocycles. The number of methoxy groups -OCH3 is 1. The van der Waals surface area contributed by atoms with Gasteiger partial charge in [-0.3, -0.25) is 4.79 Å². The van der Waals surface area contributed by atoms with Gasteiger partial charge in [-0.2, -0.15) is 4.37 Å². The number of rotatable bonds is 9. The molecule has 4 rings (SSSR count). The predicted octanol–water partition coefficient (Wildman–Crippen LogP) is 4.74. The van der Waals surface area contributed by atoms with E-state index in [2.05, 4.69) is 40.2 Å². The van der Waals surface area contributed by atoms with E-state index in [1.165, 1.54) is 11.5 Å². The van der Waals surface area contributed by atoms with Gasteiger partial charge in [-0.15, -0.1) is 0 Å². The van der Waals surface area contributed by atoms with Gasteiger partial charge < -0.3 is 19.4 Å². The average molecular weight is 514 g/mol. The van der Waals surface area contributed by atoms with Crippen LogP contribution in [0.25, 0.3) is 0 Å². The highest BCUT2D eigenvalue weighted by Gasteiger charge is 2.23. The van der Waals surface area contributed by atoms with E-state index in [9.17, 15) is 4.79 Å². The molecule has 0 radical (unpaired) electrons. The van der Waals surface area contributed by atoms with Crippen molar-refractivity contribution >= 4 is 39.9 Å². The number of anilines is 2. The summed E-state index contributed by atoms with van der Waals surface area (Å²) >= 11 is 7.38. The molecule has 1 saturated heterocycles. The Hall–Kier alpha value is -2.84. The summed E-state index contributed by atoms with van der Waals surface area (Å²) in [5.74, 6) is 1.83. The summed E-state index contributed by atoms with van der Waals surface area (Å²) in [6, 6.07) is 16.1. The first-order chi connectivity index (χ1) is 16.9. The van der Waals surface area contributed by atoms with Gasteiger partial charge in [-0.05, 0) is 55.8 Å². The summed E-state index contributed by atoms with van der Waals surface area (Å²) in [5, 5.41) is 1.58. The van der Waals surface area contributed by atoms with Crippen molar-refractivity contribution in [1.82, 2.24) is 14.3 Å². The molecule has 1 fully saturated rings. The summed E-state index contributed by atoms with van der Waals surface area (Å²) in [5.41, 5.74) is 2.29. The predicted molar refractivity (Wildman–Crippen MR) is 143 cm³/mol. The molecule has 0 aliphatic carbocycles. The second-order valence-electron chi connectivity index (χ2n) is 8.90. The first kappa shape index (κ1) is 25.3. The van der Waals surface area contributed by atoms with Gasteiger partial charge in [0.25, 0.3) is 0 Å². The van der Waals surface area contributed by atoms with Crippen molar-refractivity contribution in [2.45, 2.75) is 32.7 Å². The number of nitrogens with zero attached hydrogens (tertiary/aromatic N) is 5. The number of benzene rings is 2. The Morgan fingerprint density at radius 3 is 2.40 bits per heavy atom. The van der Waals surface area contributed by atoms with Crippen LogP contribution < -0.4 is 14.5 Å². The molecule has 2 heterocycles. The molecule has 0 bridgehead atoms. The maximum atomic E-state index is 13.0. The number of amides is 1. The third kappa shape index (κ3) is 6.64. The van der Waals surface area contributed by atoms with Gasteiger partial charge in [0.2, 0.25) is 11.0 Å². The van der Waals surface area contributed by atoms with E-state index in [-0.39, 0.29) is 11.9 Å². The third-order valence-electron chi connectivity index (χ3n) is 6.24. The molecule has 1 aromatic heterocycles. The minimum absolute atomic E-state index is 0.191. The Morgan fingerprint density at radius 1 is 1.09 bits per heavy atom. The van der Waals surface area contributed by atoms with E-state index in [0.717, 1.165) is 59.2 Å². The van der Waals surface area contributed by atoms with Crippen LogP contribution in [0, 0.1) is 0 Å². The van der Waals surface area contributed by atoms with Crippen LogP contribution in [-0.2, 0) is 11.2 Å². The van der Waals surface area contributed by atoms with E-state index < -0.39 is 0 Å². The molecular weight excluding hydrogens is 482 g/mol. The Balaban J connectivity index is 1.29. The number of carbonyl (C=O) groups is 1. The molecule has 9 heteroatoms. The highest BCUT2D eigenvalue weighted by Crippen LogP contribution is 2.23. The summed E-state index contributed by atoms with van der Waals surface area (Å²) in [4.78, 5) is 24.2. The number of hydrogen-bond donors (Lipinski definition) is 0. The van der Waals surface area contributed by atoms with Crippen molar-refractivity contribution in [2.75, 3.05) is 49.6 Å². The van der Waals surface area contributed by atoms with Crippen LogP contribution in [0.1, 0.15) is 31.7 Å². The number of halogens is 1. The van der Waals surface area contributed by atoms with Crippen LogP contribution >= 0.6 is 23.1 Å². The Labute approximate surface area is 216 Å². The number of piperazine rings is 1. The van der Waals surface area contributed by atoms with E-state index in [1.807, 2.05) is 41.3 Å². The van der Waals surface area contributed by atoms with Crippen molar-refractivity contribution in [3.8, 4) is 5.75 Å². The van der Waals surface area contributed by atoms with E-state index in [0.29, 0.717) is 19.4 Å². The van der Waals surface area contributed by atoms with Crippen LogP contribution in [0.4, 0.5) is 10.8 Å². The van der Waals surface area contributed by atoms with Gasteiger partial charge in [0.05, 0.1) is 7.11 Å². The molecule has 3 aromatic rings. The second-order valence-corrected chi connectivity index (χ2v) is 10.1. The summed E-state index contributed by atoms with van der Waals surface area (Å²) in [6.07, 6.45) is 1.13. The lowest BCUT2D eigenvalue weighted by Gasteiger charge is -2.36. The smallest absolute Gasteiger partial charge is 0.224 e. The highest BCUT2D eigenvalue weighted by molar-refractivity contribution is 7.09. The molecule has 0 atom stereocenters. The molecule has 0 unspecified atom stereocenters. The van der Waals surface area contributed by atoms with Crippen LogP contribution in [0.15, 0.2) is 48.5 Å². The van der Waals surface area contributed by atoms with Gasteiger partial charge >= 0.3 is 0 Å². The van der Waals surface area contributed by atoms with Gasteiger partial charge in [-0.25, -0.2) is 4.98 Å². The lowest BCUT2D eigenvalue weighted by molar-refractivity contribution is -0.131. The standard InChI is InChI=1S/C26H32ClN5O2S/c1-19(2)32(26-28-24(29-35-26)18-20-4-6-21(27)7-5-20)13-12-25(33)31-16-14-30(15-17-31)22-8-10-23(34-3)11-9-22/h4-11,19H,12-18H2,1-3H3. The van der Waals surface area contributed by atoms with Gasteiger partial charge in [0.15, 0.2) is 0 Å². The molecule has 0 N–H and O–H groups in total. The topological polar surface area (TPSA) is 61.8 Å². The maximum absolute atomic E-state index is 13.0. The minimum Gasteiger partial charge on any atom is -0.497 e. The van der Waals surface area contributed by atoms with Crippen molar-refractivity contribution < 1.29 is 9.53 Å². The second kappa shape index (κ2) is 11.7. The molecule has 1 amide bonds. The fourth-order valence-electron chi connectivity index (χ4n) is 4.17. The van der Waals surface area contributed by atoms with Crippen LogP contribution in [0.3, 0.4) is 0 Å². The molecule has 35 heavy (non-hydrogen) atoms. The van der Waals surface area contributed by atoms with Crippen LogP contribution in [0.2, 0.25) is 5.02 Å².